The van der Waals surface area contributed by atoms with E-state index >= 15 is 0 Å². The Morgan fingerprint density at radius 2 is 0.963 bits per heavy atom. The minimum absolute atomic E-state index is 0.0484. The minimum Gasteiger partial charge on any atom is -0.248 e. The van der Waals surface area contributed by atoms with Gasteiger partial charge in [-0.3, -0.25) is 0 Å². The largest absolute Gasteiger partial charge is 0.248 e. The first-order chi connectivity index (χ1) is 40.6. The molecule has 0 amide bonds. The fourth-order valence-electron chi connectivity index (χ4n) is 14.5. The summed E-state index contributed by atoms with van der Waals surface area (Å²) in [5.41, 5.74) is 17.9. The lowest BCUT2D eigenvalue weighted by molar-refractivity contribution is 0.825. The standard InChI is InChI=1S/C78H48N4/c1-5-19-66-60(15-1)72(61-16-2-6-20-67(61)79-66)49-27-31-53(32-28-49)76-65-44-55(56-39-35-51-25-23-45-11-9-13-47-37-41-58(56)74(51)70(45)47)43-64(57-40-36-52-26-24-46-12-10-14-48-38-42-59(57)75(52)71(46)48)77(65)82-78(81-76)54-33-29-50(30-34-54)73-62-17-3-7-21-68(62)80-69-22-8-4-18-63(69)73/h1-31,33-40,42-44,53,58H,32,41H2. The molecule has 4 nitrogen and oxygen atoms in total. The van der Waals surface area contributed by atoms with E-state index in [9.17, 15) is 0 Å². The zero-order chi connectivity index (χ0) is 53.6. The van der Waals surface area contributed by atoms with Gasteiger partial charge in [-0.2, -0.15) is 0 Å². The highest BCUT2D eigenvalue weighted by atomic mass is 14.9. The van der Waals surface area contributed by atoms with E-state index in [0.29, 0.717) is 5.82 Å². The van der Waals surface area contributed by atoms with Gasteiger partial charge in [0, 0.05) is 61.0 Å². The number of para-hydroxylation sites is 4. The quantitative estimate of drug-likeness (QED) is 0.123. The van der Waals surface area contributed by atoms with Crippen molar-refractivity contribution in [2.45, 2.75) is 24.7 Å². The highest BCUT2D eigenvalue weighted by Crippen LogP contribution is 2.48. The van der Waals surface area contributed by atoms with Gasteiger partial charge < -0.3 is 0 Å². The lowest BCUT2D eigenvalue weighted by Gasteiger charge is -2.29. The van der Waals surface area contributed by atoms with E-state index in [1.54, 1.807) is 0 Å². The Morgan fingerprint density at radius 1 is 0.366 bits per heavy atom. The first kappa shape index (κ1) is 45.4. The third-order valence-electron chi connectivity index (χ3n) is 18.2. The van der Waals surface area contributed by atoms with Gasteiger partial charge in [0.25, 0.3) is 0 Å². The number of benzene rings is 12. The summed E-state index contributed by atoms with van der Waals surface area (Å²) in [7, 11) is 0. The second-order valence-electron chi connectivity index (χ2n) is 22.6. The predicted octanol–water partition coefficient (Wildman–Crippen LogP) is 18.4. The number of hydrogen-bond acceptors (Lipinski definition) is 4. The molecule has 3 aliphatic rings. The van der Waals surface area contributed by atoms with Gasteiger partial charge in [-0.05, 0) is 136 Å². The normalized spacial score (nSPS) is 15.8. The van der Waals surface area contributed by atoms with Gasteiger partial charge in [-0.1, -0.05) is 218 Å². The molecule has 0 N–H and O–H groups in total. The van der Waals surface area contributed by atoms with E-state index in [1.165, 1.54) is 92.5 Å². The van der Waals surface area contributed by atoms with Crippen molar-refractivity contribution >= 4 is 121 Å². The Hall–Kier alpha value is -10.4. The molecule has 18 rings (SSSR count). The van der Waals surface area contributed by atoms with Gasteiger partial charge in [0.05, 0.1) is 33.3 Å². The number of nitrogens with zero attached hydrogens (tertiary/aromatic N) is 4. The van der Waals surface area contributed by atoms with Crippen LogP contribution in [-0.2, 0) is 0 Å². The molecule has 0 fully saturated rings. The van der Waals surface area contributed by atoms with Gasteiger partial charge >= 0.3 is 0 Å². The molecule has 380 valence electrons. The molecule has 3 aromatic heterocycles. The van der Waals surface area contributed by atoms with Crippen LogP contribution in [0.15, 0.2) is 243 Å². The van der Waals surface area contributed by atoms with Crippen molar-refractivity contribution in [1.82, 2.24) is 19.9 Å². The predicted molar refractivity (Wildman–Crippen MR) is 344 cm³/mol. The van der Waals surface area contributed by atoms with Crippen LogP contribution in [0, 0.1) is 0 Å². The van der Waals surface area contributed by atoms with E-state index in [4.69, 9.17) is 19.9 Å². The van der Waals surface area contributed by atoms with Crippen LogP contribution in [0.3, 0.4) is 0 Å². The number of pyridine rings is 2. The van der Waals surface area contributed by atoms with Crippen LogP contribution < -0.4 is 10.4 Å². The molecule has 4 heteroatoms. The monoisotopic (exact) mass is 1040 g/mol. The summed E-state index contributed by atoms with van der Waals surface area (Å²) in [4.78, 5) is 21.8. The van der Waals surface area contributed by atoms with Gasteiger partial charge in [0.15, 0.2) is 5.82 Å². The molecule has 15 aromatic rings. The SMILES string of the molecule is C1=CC(c2nc(-c3ccc(-c4c5ccccc5nc5ccccc45)cc3)nc3c(-c4ccc5ccc6cccc7ccc4c5c67)cc(C4=CC=c5ccc6cccc7c6c5C4CC=7)cc23)CC=C1c1c2ccccc2nc2ccccc12. The summed E-state index contributed by atoms with van der Waals surface area (Å²) < 4.78 is 0. The van der Waals surface area contributed by atoms with Crippen LogP contribution in [-0.4, -0.2) is 19.9 Å². The molecular weight excluding hydrogens is 993 g/mol. The fourth-order valence-corrected chi connectivity index (χ4v) is 14.5. The molecule has 0 spiro atoms. The zero-order valence-corrected chi connectivity index (χ0v) is 44.6. The fraction of sp³-hybridized carbons (Fsp3) is 0.0513. The third kappa shape index (κ3) is 6.79. The molecule has 0 bridgehead atoms. The molecule has 0 saturated heterocycles. The van der Waals surface area contributed by atoms with Crippen LogP contribution in [0.5, 0.6) is 0 Å². The Labute approximate surface area is 472 Å². The second-order valence-corrected chi connectivity index (χ2v) is 22.6. The first-order valence-electron chi connectivity index (χ1n) is 28.6. The minimum atomic E-state index is -0.0484. The van der Waals surface area contributed by atoms with E-state index in [0.717, 1.165) is 89.7 Å². The number of rotatable bonds is 6. The highest BCUT2D eigenvalue weighted by Gasteiger charge is 2.29. The van der Waals surface area contributed by atoms with Crippen LogP contribution in [0.1, 0.15) is 47.1 Å². The Kier molecular flexibility index (Phi) is 9.72. The molecular formula is C78H48N4. The second kappa shape index (κ2) is 17.5. The summed E-state index contributed by atoms with van der Waals surface area (Å²) in [6, 6.07) is 79.9. The maximum atomic E-state index is 5.83. The number of aromatic nitrogens is 4. The Bertz CT molecular complexity index is 5410. The molecule has 2 unspecified atom stereocenters. The van der Waals surface area contributed by atoms with Gasteiger partial charge in [-0.25, -0.2) is 19.9 Å². The van der Waals surface area contributed by atoms with Crippen molar-refractivity contribution in [3.63, 3.8) is 0 Å². The van der Waals surface area contributed by atoms with Crippen molar-refractivity contribution < 1.29 is 0 Å². The molecule has 0 saturated carbocycles. The van der Waals surface area contributed by atoms with Crippen LogP contribution in [0.25, 0.3) is 155 Å². The average molecular weight is 1040 g/mol. The first-order valence-corrected chi connectivity index (χ1v) is 28.6. The number of fused-ring (bicyclic) bond motifs is 5. The van der Waals surface area contributed by atoms with Gasteiger partial charge in [-0.15, -0.1) is 0 Å². The number of hydrogen-bond donors (Lipinski definition) is 0. The summed E-state index contributed by atoms with van der Waals surface area (Å²) in [6.07, 6.45) is 16.1. The Morgan fingerprint density at radius 3 is 1.65 bits per heavy atom. The maximum Gasteiger partial charge on any atom is 0.160 e. The van der Waals surface area contributed by atoms with Crippen molar-refractivity contribution in [3.8, 4) is 33.6 Å². The number of allylic oxidation sites excluding steroid dienone is 6. The molecule has 2 atom stereocenters. The van der Waals surface area contributed by atoms with E-state index in [-0.39, 0.29) is 11.8 Å². The maximum absolute atomic E-state index is 5.83. The lowest BCUT2D eigenvalue weighted by Crippen LogP contribution is -2.24. The van der Waals surface area contributed by atoms with E-state index < -0.39 is 0 Å². The van der Waals surface area contributed by atoms with Crippen molar-refractivity contribution in [2.24, 2.45) is 0 Å². The van der Waals surface area contributed by atoms with Crippen LogP contribution in [0.4, 0.5) is 0 Å². The zero-order valence-electron chi connectivity index (χ0n) is 44.6. The molecule has 0 radical (unpaired) electrons. The Balaban J connectivity index is 0.884. The summed E-state index contributed by atoms with van der Waals surface area (Å²) in [6.45, 7) is 0. The van der Waals surface area contributed by atoms with E-state index in [2.05, 4.69) is 255 Å². The smallest absolute Gasteiger partial charge is 0.160 e. The highest BCUT2D eigenvalue weighted by molar-refractivity contribution is 6.26. The van der Waals surface area contributed by atoms with E-state index in [1.807, 2.05) is 0 Å². The molecule has 82 heavy (non-hydrogen) atoms. The summed E-state index contributed by atoms with van der Waals surface area (Å²) in [5.74, 6) is 0.847. The van der Waals surface area contributed by atoms with Crippen molar-refractivity contribution in [1.29, 1.82) is 0 Å². The average Bonchev–Trinajstić information content (AvgIpc) is 3.14. The lowest BCUT2D eigenvalue weighted by atomic mass is 9.75. The van der Waals surface area contributed by atoms with Crippen LogP contribution in [0.2, 0.25) is 0 Å². The summed E-state index contributed by atoms with van der Waals surface area (Å²) in [5, 5.41) is 18.5. The molecule has 3 heterocycles. The van der Waals surface area contributed by atoms with Crippen molar-refractivity contribution in [2.75, 3.05) is 0 Å². The van der Waals surface area contributed by atoms with Gasteiger partial charge in [0.1, 0.15) is 0 Å². The topological polar surface area (TPSA) is 51.6 Å². The van der Waals surface area contributed by atoms with Gasteiger partial charge in [0.2, 0.25) is 0 Å². The molecule has 0 aliphatic heterocycles. The summed E-state index contributed by atoms with van der Waals surface area (Å²) >= 11 is 0. The molecule has 12 aromatic carbocycles. The molecule has 3 aliphatic carbocycles. The van der Waals surface area contributed by atoms with Crippen molar-refractivity contribution in [3.05, 3.63) is 276 Å². The third-order valence-corrected chi connectivity index (χ3v) is 18.2. The van der Waals surface area contributed by atoms with Crippen LogP contribution >= 0.6 is 0 Å².